The first-order valence-electron chi connectivity index (χ1n) is 6.19. The van der Waals surface area contributed by atoms with Crippen LogP contribution in [0.25, 0.3) is 16.9 Å². The Hall–Kier alpha value is -2.77. The van der Waals surface area contributed by atoms with E-state index >= 15 is 0 Å². The van der Waals surface area contributed by atoms with Crippen LogP contribution >= 0.6 is 0 Å². The molecule has 8 heteroatoms. The summed E-state index contributed by atoms with van der Waals surface area (Å²) in [5, 5.41) is 3.97. The number of fused-ring (bicyclic) bond motifs is 1. The van der Waals surface area contributed by atoms with Crippen molar-refractivity contribution < 1.29 is 8.78 Å². The minimum absolute atomic E-state index is 0.0138. The standard InChI is InChI=1S/C13H10F2N4O2/c1-2-18-12-9(17-11(20)13(18)21)6-16-19(12)10-4-3-7(14)5-8(10)15/h3-6H,2H2,1H3,(H,17,20). The summed E-state index contributed by atoms with van der Waals surface area (Å²) < 4.78 is 29.2. The Morgan fingerprint density at radius 3 is 2.71 bits per heavy atom. The van der Waals surface area contributed by atoms with Crippen molar-refractivity contribution in [1.82, 2.24) is 19.3 Å². The minimum Gasteiger partial charge on any atom is -0.313 e. The topological polar surface area (TPSA) is 72.7 Å². The van der Waals surface area contributed by atoms with Crippen LogP contribution in [-0.2, 0) is 6.54 Å². The summed E-state index contributed by atoms with van der Waals surface area (Å²) in [6, 6.07) is 3.03. The van der Waals surface area contributed by atoms with Gasteiger partial charge >= 0.3 is 11.1 Å². The normalized spacial score (nSPS) is 11.2. The molecule has 0 radical (unpaired) electrons. The number of nitrogens with one attached hydrogen (secondary N) is 1. The van der Waals surface area contributed by atoms with Gasteiger partial charge in [0.2, 0.25) is 0 Å². The molecule has 2 heterocycles. The highest BCUT2D eigenvalue weighted by Crippen LogP contribution is 2.18. The van der Waals surface area contributed by atoms with E-state index in [9.17, 15) is 18.4 Å². The number of benzene rings is 1. The summed E-state index contributed by atoms with van der Waals surface area (Å²) in [5.74, 6) is -1.53. The maximum atomic E-state index is 13.9. The molecule has 3 rings (SSSR count). The second-order valence-corrected chi connectivity index (χ2v) is 4.39. The van der Waals surface area contributed by atoms with Gasteiger partial charge in [-0.3, -0.25) is 14.2 Å². The largest absolute Gasteiger partial charge is 0.317 e. The van der Waals surface area contributed by atoms with E-state index in [1.54, 1.807) is 6.92 Å². The number of rotatable bonds is 2. The number of aromatic amines is 1. The van der Waals surface area contributed by atoms with Crippen LogP contribution in [0.3, 0.4) is 0 Å². The van der Waals surface area contributed by atoms with Crippen LogP contribution in [0.15, 0.2) is 34.0 Å². The zero-order chi connectivity index (χ0) is 15.1. The van der Waals surface area contributed by atoms with Gasteiger partial charge in [-0.2, -0.15) is 5.10 Å². The number of halogens is 2. The molecule has 1 N–H and O–H groups in total. The van der Waals surface area contributed by atoms with Crippen molar-refractivity contribution in [3.8, 4) is 5.69 Å². The molecule has 0 amide bonds. The van der Waals surface area contributed by atoms with Gasteiger partial charge < -0.3 is 4.98 Å². The van der Waals surface area contributed by atoms with Crippen molar-refractivity contribution in [2.75, 3.05) is 0 Å². The van der Waals surface area contributed by atoms with E-state index in [0.29, 0.717) is 5.52 Å². The molecule has 0 aliphatic rings. The predicted octanol–water partition coefficient (Wildman–Crippen LogP) is 1.17. The van der Waals surface area contributed by atoms with Crippen LogP contribution in [-0.4, -0.2) is 19.3 Å². The molecule has 3 aromatic rings. The first-order chi connectivity index (χ1) is 10.0. The maximum absolute atomic E-state index is 13.9. The van der Waals surface area contributed by atoms with Gasteiger partial charge in [-0.25, -0.2) is 13.5 Å². The van der Waals surface area contributed by atoms with Gasteiger partial charge in [0.1, 0.15) is 17.0 Å². The number of hydrogen-bond acceptors (Lipinski definition) is 3. The van der Waals surface area contributed by atoms with Crippen LogP contribution in [0.5, 0.6) is 0 Å². The molecule has 0 saturated carbocycles. The third-order valence-electron chi connectivity index (χ3n) is 3.14. The predicted molar refractivity (Wildman–Crippen MR) is 71.5 cm³/mol. The first kappa shape index (κ1) is 13.2. The van der Waals surface area contributed by atoms with Crippen molar-refractivity contribution in [2.24, 2.45) is 0 Å². The lowest BCUT2D eigenvalue weighted by Gasteiger charge is -2.09. The van der Waals surface area contributed by atoms with E-state index in [-0.39, 0.29) is 17.9 Å². The molecular formula is C13H10F2N4O2. The zero-order valence-corrected chi connectivity index (χ0v) is 10.9. The van der Waals surface area contributed by atoms with Gasteiger partial charge in [-0.1, -0.05) is 0 Å². The Morgan fingerprint density at radius 1 is 1.29 bits per heavy atom. The highest BCUT2D eigenvalue weighted by molar-refractivity contribution is 5.72. The van der Waals surface area contributed by atoms with E-state index in [0.717, 1.165) is 16.8 Å². The lowest BCUT2D eigenvalue weighted by molar-refractivity contribution is 0.573. The second kappa shape index (κ2) is 4.65. The molecule has 0 aliphatic carbocycles. The molecule has 1 aromatic carbocycles. The van der Waals surface area contributed by atoms with Gasteiger partial charge in [0, 0.05) is 12.6 Å². The molecule has 108 valence electrons. The summed E-state index contributed by atoms with van der Waals surface area (Å²) in [6.45, 7) is 1.90. The van der Waals surface area contributed by atoms with Crippen molar-refractivity contribution in [3.63, 3.8) is 0 Å². The Balaban J connectivity index is 2.42. The van der Waals surface area contributed by atoms with E-state index < -0.39 is 22.8 Å². The number of aryl methyl sites for hydroxylation is 1. The molecule has 0 saturated heterocycles. The highest BCUT2D eigenvalue weighted by atomic mass is 19.1. The third kappa shape index (κ3) is 1.95. The molecular weight excluding hydrogens is 282 g/mol. The van der Waals surface area contributed by atoms with Crippen molar-refractivity contribution >= 4 is 11.2 Å². The minimum atomic E-state index is -0.818. The number of aromatic nitrogens is 4. The van der Waals surface area contributed by atoms with Crippen molar-refractivity contribution in [3.05, 3.63) is 56.7 Å². The Kier molecular flexibility index (Phi) is 2.93. The highest BCUT2D eigenvalue weighted by Gasteiger charge is 2.15. The summed E-state index contributed by atoms with van der Waals surface area (Å²) in [4.78, 5) is 25.8. The molecule has 6 nitrogen and oxygen atoms in total. The number of nitrogens with zero attached hydrogens (tertiary/aromatic N) is 3. The van der Waals surface area contributed by atoms with Gasteiger partial charge in [-0.15, -0.1) is 0 Å². The van der Waals surface area contributed by atoms with Crippen LogP contribution in [0.2, 0.25) is 0 Å². The van der Waals surface area contributed by atoms with E-state index in [2.05, 4.69) is 10.1 Å². The van der Waals surface area contributed by atoms with Gasteiger partial charge in [0.25, 0.3) is 0 Å². The van der Waals surface area contributed by atoms with Crippen LogP contribution < -0.4 is 11.1 Å². The number of hydrogen-bond donors (Lipinski definition) is 1. The van der Waals surface area contributed by atoms with Crippen molar-refractivity contribution in [1.29, 1.82) is 0 Å². The molecule has 0 spiro atoms. The second-order valence-electron chi connectivity index (χ2n) is 4.39. The Labute approximate surface area is 116 Å². The fourth-order valence-corrected chi connectivity index (χ4v) is 2.21. The molecule has 2 aromatic heterocycles. The number of H-pyrrole nitrogens is 1. The fraction of sp³-hybridized carbons (Fsp3) is 0.154. The smallest absolute Gasteiger partial charge is 0.313 e. The maximum Gasteiger partial charge on any atom is 0.317 e. The Morgan fingerprint density at radius 2 is 2.05 bits per heavy atom. The monoisotopic (exact) mass is 292 g/mol. The lowest BCUT2D eigenvalue weighted by atomic mass is 10.3. The lowest BCUT2D eigenvalue weighted by Crippen LogP contribution is -2.36. The van der Waals surface area contributed by atoms with Crippen LogP contribution in [0.4, 0.5) is 8.78 Å². The molecule has 0 atom stereocenters. The first-order valence-corrected chi connectivity index (χ1v) is 6.19. The van der Waals surface area contributed by atoms with Crippen LogP contribution in [0, 0.1) is 11.6 Å². The summed E-state index contributed by atoms with van der Waals surface area (Å²) >= 11 is 0. The molecule has 0 bridgehead atoms. The fourth-order valence-electron chi connectivity index (χ4n) is 2.21. The molecule has 0 unspecified atom stereocenters. The Bertz CT molecular complexity index is 955. The van der Waals surface area contributed by atoms with Gasteiger partial charge in [-0.05, 0) is 19.1 Å². The summed E-state index contributed by atoms with van der Waals surface area (Å²) in [5.41, 5.74) is -1.00. The third-order valence-corrected chi connectivity index (χ3v) is 3.14. The molecule has 0 fully saturated rings. The average molecular weight is 292 g/mol. The zero-order valence-electron chi connectivity index (χ0n) is 10.9. The van der Waals surface area contributed by atoms with E-state index in [1.807, 2.05) is 0 Å². The van der Waals surface area contributed by atoms with E-state index in [1.165, 1.54) is 16.8 Å². The molecule has 0 aliphatic heterocycles. The summed E-state index contributed by atoms with van der Waals surface area (Å²) in [7, 11) is 0. The quantitative estimate of drug-likeness (QED) is 0.721. The molecule has 21 heavy (non-hydrogen) atoms. The van der Waals surface area contributed by atoms with Crippen LogP contribution in [0.1, 0.15) is 6.92 Å². The van der Waals surface area contributed by atoms with E-state index in [4.69, 9.17) is 0 Å². The van der Waals surface area contributed by atoms with Crippen molar-refractivity contribution in [2.45, 2.75) is 13.5 Å². The van der Waals surface area contributed by atoms with Gasteiger partial charge in [0.15, 0.2) is 11.5 Å². The van der Waals surface area contributed by atoms with Gasteiger partial charge in [0.05, 0.1) is 6.20 Å². The summed E-state index contributed by atoms with van der Waals surface area (Å²) in [6.07, 6.45) is 1.31. The SMILES string of the molecule is CCn1c(=O)c(=O)[nH]c2cnn(-c3ccc(F)cc3F)c21. The average Bonchev–Trinajstić information content (AvgIpc) is 2.83.